The molecule has 1 atom stereocenters. The predicted molar refractivity (Wildman–Crippen MR) is 109 cm³/mol. The van der Waals surface area contributed by atoms with Crippen LogP contribution in [-0.4, -0.2) is 26.2 Å². The largest absolute Gasteiger partial charge is 0.744 e. The van der Waals surface area contributed by atoms with E-state index in [4.69, 9.17) is 9.47 Å². The molecule has 0 saturated heterocycles. The summed E-state index contributed by atoms with van der Waals surface area (Å²) in [5.74, 6) is -8.88. The van der Waals surface area contributed by atoms with Crippen molar-refractivity contribution in [3.05, 3.63) is 53.1 Å². The lowest BCUT2D eigenvalue weighted by atomic mass is 9.99. The van der Waals surface area contributed by atoms with E-state index in [1.165, 1.54) is 5.56 Å². The number of ether oxygens (including phenoxy) is 2. The molecular formula is C22H25F4O5S-. The molecule has 0 aliphatic rings. The van der Waals surface area contributed by atoms with E-state index in [0.717, 1.165) is 25.0 Å². The number of rotatable bonds is 12. The van der Waals surface area contributed by atoms with Gasteiger partial charge in [0.25, 0.3) is 0 Å². The van der Waals surface area contributed by atoms with E-state index in [2.05, 4.69) is 13.8 Å². The van der Waals surface area contributed by atoms with Crippen molar-refractivity contribution < 1.29 is 40.0 Å². The Hall–Kier alpha value is -2.33. The van der Waals surface area contributed by atoms with Crippen molar-refractivity contribution in [2.24, 2.45) is 0 Å². The van der Waals surface area contributed by atoms with Gasteiger partial charge in [-0.2, -0.15) is 8.78 Å². The summed E-state index contributed by atoms with van der Waals surface area (Å²) >= 11 is 0. The number of hydrogen-bond donors (Lipinski definition) is 0. The standard InChI is InChI=1S/C22H26F4O5S/c1-3-14(2)15-8-10-16(11-9-15)30-12-6-4-5-7-13-31-21-17(23)19(25)22(32(27,28)29)20(26)18(21)24/h8-11,14H,3-7,12-13H2,1-2H3,(H,27,28,29)/p-1. The second-order valence-electron chi connectivity index (χ2n) is 7.36. The van der Waals surface area contributed by atoms with E-state index in [-0.39, 0.29) is 6.61 Å². The van der Waals surface area contributed by atoms with Gasteiger partial charge in [0, 0.05) is 0 Å². The van der Waals surface area contributed by atoms with Gasteiger partial charge >= 0.3 is 0 Å². The Kier molecular flexibility index (Phi) is 9.33. The maximum Gasteiger partial charge on any atom is 0.205 e. The Balaban J connectivity index is 1.75. The lowest BCUT2D eigenvalue weighted by molar-refractivity contribution is 0.255. The number of halogens is 4. The average Bonchev–Trinajstić information content (AvgIpc) is 2.75. The predicted octanol–water partition coefficient (Wildman–Crippen LogP) is 5.68. The summed E-state index contributed by atoms with van der Waals surface area (Å²) in [5, 5.41) is 0. The zero-order chi connectivity index (χ0) is 23.9. The van der Waals surface area contributed by atoms with Gasteiger partial charge in [0.1, 0.15) is 20.8 Å². The maximum absolute atomic E-state index is 13.8. The Morgan fingerprint density at radius 2 is 1.34 bits per heavy atom. The normalized spacial score (nSPS) is 12.6. The Morgan fingerprint density at radius 1 is 0.844 bits per heavy atom. The summed E-state index contributed by atoms with van der Waals surface area (Å²) in [6, 6.07) is 7.90. The topological polar surface area (TPSA) is 75.7 Å². The minimum Gasteiger partial charge on any atom is -0.744 e. The van der Waals surface area contributed by atoms with Gasteiger partial charge in [0.05, 0.1) is 13.2 Å². The van der Waals surface area contributed by atoms with Crippen molar-refractivity contribution in [2.75, 3.05) is 13.2 Å². The molecule has 0 saturated carbocycles. The number of unbranched alkanes of at least 4 members (excludes halogenated alkanes) is 3. The molecule has 0 radical (unpaired) electrons. The first-order valence-corrected chi connectivity index (χ1v) is 11.7. The highest BCUT2D eigenvalue weighted by atomic mass is 32.2. The van der Waals surface area contributed by atoms with Gasteiger partial charge in [-0.15, -0.1) is 0 Å². The van der Waals surface area contributed by atoms with Crippen LogP contribution in [0.5, 0.6) is 11.5 Å². The molecule has 2 rings (SSSR count). The average molecular weight is 477 g/mol. The zero-order valence-corrected chi connectivity index (χ0v) is 18.6. The maximum atomic E-state index is 13.8. The van der Waals surface area contributed by atoms with Gasteiger partial charge in [-0.25, -0.2) is 17.2 Å². The smallest absolute Gasteiger partial charge is 0.205 e. The fraction of sp³-hybridized carbons (Fsp3) is 0.455. The molecule has 0 fully saturated rings. The van der Waals surface area contributed by atoms with Gasteiger partial charge in [-0.1, -0.05) is 26.0 Å². The van der Waals surface area contributed by atoms with Crippen molar-refractivity contribution in [3.8, 4) is 11.5 Å². The molecule has 1 unspecified atom stereocenters. The number of hydrogen-bond acceptors (Lipinski definition) is 5. The molecule has 2 aromatic carbocycles. The molecule has 0 aromatic heterocycles. The molecule has 0 aliphatic carbocycles. The van der Waals surface area contributed by atoms with Crippen LogP contribution in [0.3, 0.4) is 0 Å². The van der Waals surface area contributed by atoms with Crippen LogP contribution < -0.4 is 9.47 Å². The highest BCUT2D eigenvalue weighted by Crippen LogP contribution is 2.32. The van der Waals surface area contributed by atoms with Gasteiger partial charge in [0.15, 0.2) is 17.4 Å². The van der Waals surface area contributed by atoms with Crippen LogP contribution in [0.25, 0.3) is 0 Å². The second kappa shape index (κ2) is 11.5. The highest BCUT2D eigenvalue weighted by Gasteiger charge is 2.29. The lowest BCUT2D eigenvalue weighted by Crippen LogP contribution is -2.13. The molecule has 178 valence electrons. The third-order valence-corrected chi connectivity index (χ3v) is 5.91. The summed E-state index contributed by atoms with van der Waals surface area (Å²) in [6.07, 6.45) is 3.41. The Morgan fingerprint density at radius 3 is 1.81 bits per heavy atom. The minimum absolute atomic E-state index is 0.256. The number of benzene rings is 2. The monoisotopic (exact) mass is 477 g/mol. The molecule has 2 aromatic rings. The molecule has 5 nitrogen and oxygen atoms in total. The van der Waals surface area contributed by atoms with E-state index >= 15 is 0 Å². The van der Waals surface area contributed by atoms with Crippen LogP contribution in [0.2, 0.25) is 0 Å². The van der Waals surface area contributed by atoms with Crippen molar-refractivity contribution in [2.45, 2.75) is 56.8 Å². The van der Waals surface area contributed by atoms with Crippen molar-refractivity contribution in [3.63, 3.8) is 0 Å². The van der Waals surface area contributed by atoms with Crippen LogP contribution in [0, 0.1) is 23.3 Å². The molecule has 0 heterocycles. The van der Waals surface area contributed by atoms with Gasteiger partial charge in [-0.05, 0) is 55.7 Å². The van der Waals surface area contributed by atoms with Gasteiger partial charge < -0.3 is 14.0 Å². The van der Waals surface area contributed by atoms with Gasteiger partial charge in [-0.3, -0.25) is 0 Å². The molecule has 32 heavy (non-hydrogen) atoms. The van der Waals surface area contributed by atoms with Crippen LogP contribution in [0.4, 0.5) is 17.6 Å². The fourth-order valence-electron chi connectivity index (χ4n) is 2.99. The van der Waals surface area contributed by atoms with Crippen LogP contribution in [-0.2, 0) is 10.1 Å². The van der Waals surface area contributed by atoms with E-state index < -0.39 is 44.0 Å². The molecular weight excluding hydrogens is 452 g/mol. The quantitative estimate of drug-likeness (QED) is 0.170. The summed E-state index contributed by atoms with van der Waals surface area (Å²) < 4.78 is 97.8. The molecule has 0 spiro atoms. The molecule has 10 heteroatoms. The SMILES string of the molecule is CCC(C)c1ccc(OCCCCCCOc2c(F)c(F)c(S(=O)(=O)[O-])c(F)c2F)cc1. The fourth-order valence-corrected chi connectivity index (χ4v) is 3.61. The van der Waals surface area contributed by atoms with Crippen LogP contribution in [0.1, 0.15) is 57.4 Å². The van der Waals surface area contributed by atoms with Crippen molar-refractivity contribution in [1.29, 1.82) is 0 Å². The molecule has 0 N–H and O–H groups in total. The van der Waals surface area contributed by atoms with E-state index in [0.29, 0.717) is 25.4 Å². The van der Waals surface area contributed by atoms with Crippen molar-refractivity contribution >= 4 is 10.1 Å². The minimum atomic E-state index is -5.74. The summed E-state index contributed by atoms with van der Waals surface area (Å²) in [6.45, 7) is 4.50. The van der Waals surface area contributed by atoms with E-state index in [9.17, 15) is 30.5 Å². The lowest BCUT2D eigenvalue weighted by Gasteiger charge is -2.14. The van der Waals surface area contributed by atoms with E-state index in [1.807, 2.05) is 24.3 Å². The third-order valence-electron chi connectivity index (χ3n) is 5.05. The van der Waals surface area contributed by atoms with E-state index in [1.54, 1.807) is 0 Å². The molecule has 0 aliphatic heterocycles. The summed E-state index contributed by atoms with van der Waals surface area (Å²) in [4.78, 5) is -2.20. The Bertz CT molecular complexity index is 981. The first kappa shape index (κ1) is 25.9. The molecule has 0 amide bonds. The Labute approximate surface area is 185 Å². The zero-order valence-electron chi connectivity index (χ0n) is 17.8. The second-order valence-corrected chi connectivity index (χ2v) is 8.67. The van der Waals surface area contributed by atoms with Crippen LogP contribution >= 0.6 is 0 Å². The summed E-state index contributed by atoms with van der Waals surface area (Å²) in [5.41, 5.74) is 1.25. The first-order valence-electron chi connectivity index (χ1n) is 10.2. The first-order chi connectivity index (χ1) is 15.1. The van der Waals surface area contributed by atoms with Crippen LogP contribution in [0.15, 0.2) is 29.2 Å². The summed E-state index contributed by atoms with van der Waals surface area (Å²) in [7, 11) is -5.74. The van der Waals surface area contributed by atoms with Gasteiger partial charge in [0.2, 0.25) is 11.6 Å². The third kappa shape index (κ3) is 6.59. The van der Waals surface area contributed by atoms with Crippen molar-refractivity contribution in [1.82, 2.24) is 0 Å². The molecule has 0 bridgehead atoms. The highest BCUT2D eigenvalue weighted by molar-refractivity contribution is 7.85.